The standard InChI is InChI=1S/C10H10O2/c1-7-3-2-4-9-8(7)5-6-10(11)12-9/h2-4H,5-6H2,1H3. The molecule has 2 heteroatoms. The molecule has 0 amide bonds. The van der Waals surface area contributed by atoms with Crippen LogP contribution >= 0.6 is 0 Å². The van der Waals surface area contributed by atoms with E-state index in [9.17, 15) is 4.79 Å². The van der Waals surface area contributed by atoms with Gasteiger partial charge in [-0.05, 0) is 30.5 Å². The maximum atomic E-state index is 10.9. The lowest BCUT2D eigenvalue weighted by Crippen LogP contribution is -2.16. The monoisotopic (exact) mass is 162 g/mol. The van der Waals surface area contributed by atoms with Gasteiger partial charge in [-0.3, -0.25) is 4.79 Å². The zero-order valence-corrected chi connectivity index (χ0v) is 6.96. The third kappa shape index (κ3) is 1.09. The quantitative estimate of drug-likeness (QED) is 0.430. The first-order valence-electron chi connectivity index (χ1n) is 4.06. The van der Waals surface area contributed by atoms with Gasteiger partial charge in [0.25, 0.3) is 0 Å². The molecule has 0 aliphatic carbocycles. The molecule has 1 aliphatic heterocycles. The first-order chi connectivity index (χ1) is 5.77. The maximum absolute atomic E-state index is 10.9. The summed E-state index contributed by atoms with van der Waals surface area (Å²) in [6.07, 6.45) is 1.33. The Morgan fingerprint density at radius 3 is 3.00 bits per heavy atom. The van der Waals surface area contributed by atoms with Crippen LogP contribution in [-0.2, 0) is 11.2 Å². The van der Waals surface area contributed by atoms with Crippen LogP contribution in [-0.4, -0.2) is 5.97 Å². The zero-order chi connectivity index (χ0) is 8.55. The van der Waals surface area contributed by atoms with Crippen LogP contribution in [0.2, 0.25) is 0 Å². The number of carbonyl (C=O) groups is 1. The van der Waals surface area contributed by atoms with Crippen LogP contribution in [0, 0.1) is 6.92 Å². The normalized spacial score (nSPS) is 15.2. The Hall–Kier alpha value is -1.31. The number of ether oxygens (including phenoxy) is 1. The molecule has 2 nitrogen and oxygen atoms in total. The number of aryl methyl sites for hydroxylation is 1. The molecule has 12 heavy (non-hydrogen) atoms. The summed E-state index contributed by atoms with van der Waals surface area (Å²) in [4.78, 5) is 10.9. The minimum Gasteiger partial charge on any atom is -0.426 e. The minimum absolute atomic E-state index is 0.117. The molecule has 0 saturated carbocycles. The van der Waals surface area contributed by atoms with Crippen LogP contribution in [0.15, 0.2) is 18.2 Å². The molecule has 0 atom stereocenters. The smallest absolute Gasteiger partial charge is 0.311 e. The van der Waals surface area contributed by atoms with Gasteiger partial charge in [0.1, 0.15) is 5.75 Å². The first kappa shape index (κ1) is 7.35. The third-order valence-corrected chi connectivity index (χ3v) is 2.17. The second kappa shape index (κ2) is 2.63. The molecule has 0 fully saturated rings. The van der Waals surface area contributed by atoms with Crippen LogP contribution in [0.1, 0.15) is 17.5 Å². The number of benzene rings is 1. The molecule has 0 saturated heterocycles. The van der Waals surface area contributed by atoms with Gasteiger partial charge in [0.2, 0.25) is 0 Å². The van der Waals surface area contributed by atoms with Gasteiger partial charge in [-0.15, -0.1) is 0 Å². The molecule has 0 aromatic heterocycles. The Labute approximate surface area is 71.2 Å². The number of rotatable bonds is 0. The van der Waals surface area contributed by atoms with Crippen LogP contribution in [0.3, 0.4) is 0 Å². The third-order valence-electron chi connectivity index (χ3n) is 2.17. The van der Waals surface area contributed by atoms with Crippen molar-refractivity contribution in [2.75, 3.05) is 0 Å². The molecule has 0 bridgehead atoms. The van der Waals surface area contributed by atoms with Gasteiger partial charge in [-0.25, -0.2) is 0 Å². The highest BCUT2D eigenvalue weighted by Gasteiger charge is 2.17. The second-order valence-corrected chi connectivity index (χ2v) is 3.03. The molecule has 1 heterocycles. The summed E-state index contributed by atoms with van der Waals surface area (Å²) in [6, 6.07) is 5.80. The average Bonchev–Trinajstić information content (AvgIpc) is 2.04. The topological polar surface area (TPSA) is 26.3 Å². The summed E-state index contributed by atoms with van der Waals surface area (Å²) in [7, 11) is 0. The van der Waals surface area contributed by atoms with E-state index < -0.39 is 0 Å². The van der Waals surface area contributed by atoms with Crippen molar-refractivity contribution in [2.45, 2.75) is 19.8 Å². The number of esters is 1. The fraction of sp³-hybridized carbons (Fsp3) is 0.300. The lowest BCUT2D eigenvalue weighted by Gasteiger charge is -2.16. The first-order valence-corrected chi connectivity index (χ1v) is 4.06. The lowest BCUT2D eigenvalue weighted by atomic mass is 10.0. The van der Waals surface area contributed by atoms with Crippen molar-refractivity contribution in [1.29, 1.82) is 0 Å². The molecule has 0 N–H and O–H groups in total. The van der Waals surface area contributed by atoms with E-state index in [0.717, 1.165) is 12.2 Å². The number of fused-ring (bicyclic) bond motifs is 1. The molecule has 0 spiro atoms. The molecular weight excluding hydrogens is 152 g/mol. The predicted molar refractivity (Wildman–Crippen MR) is 45.1 cm³/mol. The number of hydrogen-bond donors (Lipinski definition) is 0. The van der Waals surface area contributed by atoms with Crippen LogP contribution in [0.5, 0.6) is 5.75 Å². The van der Waals surface area contributed by atoms with Crippen LogP contribution < -0.4 is 4.74 Å². The Kier molecular flexibility index (Phi) is 1.61. The number of carbonyl (C=O) groups excluding carboxylic acids is 1. The minimum atomic E-state index is -0.117. The van der Waals surface area contributed by atoms with Crippen LogP contribution in [0.25, 0.3) is 0 Å². The van der Waals surface area contributed by atoms with Crippen molar-refractivity contribution in [3.8, 4) is 5.75 Å². The van der Waals surface area contributed by atoms with E-state index in [1.165, 1.54) is 11.1 Å². The average molecular weight is 162 g/mol. The molecule has 0 unspecified atom stereocenters. The Morgan fingerprint density at radius 1 is 1.33 bits per heavy atom. The van der Waals surface area contributed by atoms with E-state index in [1.54, 1.807) is 0 Å². The van der Waals surface area contributed by atoms with E-state index in [4.69, 9.17) is 4.74 Å². The predicted octanol–water partition coefficient (Wildman–Crippen LogP) is 1.85. The van der Waals surface area contributed by atoms with Crippen molar-refractivity contribution >= 4 is 5.97 Å². The van der Waals surface area contributed by atoms with E-state index >= 15 is 0 Å². The molecular formula is C10H10O2. The van der Waals surface area contributed by atoms with Gasteiger partial charge in [0.05, 0.1) is 6.42 Å². The molecule has 1 aromatic carbocycles. The van der Waals surface area contributed by atoms with Crippen molar-refractivity contribution < 1.29 is 9.53 Å². The summed E-state index contributed by atoms with van der Waals surface area (Å²) in [5, 5.41) is 0. The molecule has 2 rings (SSSR count). The van der Waals surface area contributed by atoms with Crippen molar-refractivity contribution in [1.82, 2.24) is 0 Å². The van der Waals surface area contributed by atoms with Gasteiger partial charge in [-0.1, -0.05) is 12.1 Å². The SMILES string of the molecule is Cc1cccc2c1CCC(=O)O2. The Bertz CT molecular complexity index is 329. The Balaban J connectivity index is 2.48. The zero-order valence-electron chi connectivity index (χ0n) is 6.96. The van der Waals surface area contributed by atoms with Crippen molar-refractivity contribution in [2.24, 2.45) is 0 Å². The number of hydrogen-bond acceptors (Lipinski definition) is 2. The van der Waals surface area contributed by atoms with Gasteiger partial charge in [-0.2, -0.15) is 0 Å². The highest BCUT2D eigenvalue weighted by molar-refractivity contribution is 5.75. The van der Waals surface area contributed by atoms with Gasteiger partial charge < -0.3 is 4.74 Å². The van der Waals surface area contributed by atoms with E-state index in [-0.39, 0.29) is 5.97 Å². The lowest BCUT2D eigenvalue weighted by molar-refractivity contribution is -0.135. The van der Waals surface area contributed by atoms with E-state index in [1.807, 2.05) is 25.1 Å². The largest absolute Gasteiger partial charge is 0.426 e. The highest BCUT2D eigenvalue weighted by Crippen LogP contribution is 2.27. The summed E-state index contributed by atoms with van der Waals surface area (Å²) >= 11 is 0. The maximum Gasteiger partial charge on any atom is 0.311 e. The van der Waals surface area contributed by atoms with Gasteiger partial charge in [0, 0.05) is 0 Å². The van der Waals surface area contributed by atoms with Gasteiger partial charge >= 0.3 is 5.97 Å². The molecule has 1 aromatic rings. The summed E-state index contributed by atoms with van der Waals surface area (Å²) < 4.78 is 5.07. The molecule has 1 aliphatic rings. The second-order valence-electron chi connectivity index (χ2n) is 3.03. The summed E-state index contributed by atoms with van der Waals surface area (Å²) in [6.45, 7) is 2.04. The fourth-order valence-electron chi connectivity index (χ4n) is 1.49. The van der Waals surface area contributed by atoms with Gasteiger partial charge in [0.15, 0.2) is 0 Å². The van der Waals surface area contributed by atoms with Crippen molar-refractivity contribution in [3.05, 3.63) is 29.3 Å². The van der Waals surface area contributed by atoms with E-state index in [2.05, 4.69) is 0 Å². The molecule has 62 valence electrons. The molecule has 0 radical (unpaired) electrons. The fourth-order valence-corrected chi connectivity index (χ4v) is 1.49. The summed E-state index contributed by atoms with van der Waals surface area (Å²) in [5.74, 6) is 0.624. The Morgan fingerprint density at radius 2 is 2.17 bits per heavy atom. The van der Waals surface area contributed by atoms with E-state index in [0.29, 0.717) is 6.42 Å². The van der Waals surface area contributed by atoms with Crippen molar-refractivity contribution in [3.63, 3.8) is 0 Å². The highest BCUT2D eigenvalue weighted by atomic mass is 16.5. The van der Waals surface area contributed by atoms with Crippen LogP contribution in [0.4, 0.5) is 0 Å². The summed E-state index contributed by atoms with van der Waals surface area (Å²) in [5.41, 5.74) is 2.39.